The standard InChI is InChI=1S/C31H39N3O7S/c1-21(35)41-34(29(36)40-31(5,6)7)28-11-9-10-26(32-28)27(20-22-12-14-23(15-13-22)30(2,3)4)33-42(37,38)25-18-16-24(39-8)17-19-25/h9-19,27,33H,20H2,1-8H3. The molecule has 226 valence electrons. The Morgan fingerprint density at radius 2 is 1.55 bits per heavy atom. The van der Waals surface area contributed by atoms with E-state index in [0.717, 1.165) is 18.1 Å². The van der Waals surface area contributed by atoms with Gasteiger partial charge in [-0.15, -0.1) is 0 Å². The van der Waals surface area contributed by atoms with Crippen molar-refractivity contribution in [3.05, 3.63) is 83.6 Å². The Labute approximate surface area is 248 Å². The van der Waals surface area contributed by atoms with Crippen molar-refractivity contribution >= 4 is 27.9 Å². The van der Waals surface area contributed by atoms with Crippen LogP contribution in [0, 0.1) is 0 Å². The van der Waals surface area contributed by atoms with Crippen molar-refractivity contribution in [1.82, 2.24) is 9.71 Å². The molecule has 3 aromatic rings. The molecule has 0 saturated heterocycles. The topological polar surface area (TPSA) is 124 Å². The first-order valence-electron chi connectivity index (χ1n) is 13.4. The smallest absolute Gasteiger partial charge is 0.450 e. The van der Waals surface area contributed by atoms with Crippen LogP contribution in [-0.4, -0.2) is 38.2 Å². The van der Waals surface area contributed by atoms with Gasteiger partial charge in [0, 0.05) is 6.92 Å². The maximum atomic E-state index is 13.5. The molecule has 0 bridgehead atoms. The lowest BCUT2D eigenvalue weighted by Crippen LogP contribution is -2.39. The molecule has 3 rings (SSSR count). The number of aromatic nitrogens is 1. The average Bonchev–Trinajstić information content (AvgIpc) is 2.90. The van der Waals surface area contributed by atoms with Gasteiger partial charge in [-0.3, -0.25) is 0 Å². The molecule has 0 aliphatic heterocycles. The number of rotatable bonds is 8. The molecule has 2 aromatic carbocycles. The van der Waals surface area contributed by atoms with Crippen LogP contribution in [0.1, 0.15) is 71.3 Å². The van der Waals surface area contributed by atoms with Crippen molar-refractivity contribution in [2.24, 2.45) is 0 Å². The summed E-state index contributed by atoms with van der Waals surface area (Å²) in [6.07, 6.45) is -0.702. The van der Waals surface area contributed by atoms with Crippen LogP contribution >= 0.6 is 0 Å². The molecule has 0 saturated carbocycles. The van der Waals surface area contributed by atoms with E-state index in [4.69, 9.17) is 14.3 Å². The number of amides is 1. The quantitative estimate of drug-likeness (QED) is 0.320. The van der Waals surface area contributed by atoms with Crippen LogP contribution in [0.2, 0.25) is 0 Å². The van der Waals surface area contributed by atoms with Gasteiger partial charge in [-0.25, -0.2) is 27.7 Å². The van der Waals surface area contributed by atoms with Crippen molar-refractivity contribution in [3.8, 4) is 5.75 Å². The summed E-state index contributed by atoms with van der Waals surface area (Å²) in [5.74, 6) is -0.288. The number of pyridine rings is 1. The second-order valence-electron chi connectivity index (χ2n) is 11.8. The molecule has 11 heteroatoms. The molecule has 0 fully saturated rings. The SMILES string of the molecule is COc1ccc(S(=O)(=O)NC(Cc2ccc(C(C)(C)C)cc2)c2cccc(N(OC(C)=O)C(=O)OC(C)(C)C)n2)cc1. The number of nitrogens with one attached hydrogen (secondary N) is 1. The molecule has 1 N–H and O–H groups in total. The van der Waals surface area contributed by atoms with Crippen molar-refractivity contribution in [2.75, 3.05) is 12.2 Å². The van der Waals surface area contributed by atoms with Gasteiger partial charge in [0.2, 0.25) is 10.0 Å². The zero-order valence-corrected chi connectivity index (χ0v) is 26.1. The van der Waals surface area contributed by atoms with Gasteiger partial charge in [-0.1, -0.05) is 56.2 Å². The highest BCUT2D eigenvalue weighted by molar-refractivity contribution is 7.89. The molecule has 1 amide bonds. The zero-order valence-electron chi connectivity index (χ0n) is 25.3. The fraction of sp³-hybridized carbons (Fsp3) is 0.387. The molecule has 10 nitrogen and oxygen atoms in total. The number of carbonyl (C=O) groups excluding carboxylic acids is 2. The molecular formula is C31H39N3O7S. The highest BCUT2D eigenvalue weighted by atomic mass is 32.2. The van der Waals surface area contributed by atoms with Gasteiger partial charge in [0.1, 0.15) is 11.4 Å². The molecule has 1 heterocycles. The lowest BCUT2D eigenvalue weighted by Gasteiger charge is -2.26. The van der Waals surface area contributed by atoms with E-state index < -0.39 is 33.7 Å². The number of sulfonamides is 1. The van der Waals surface area contributed by atoms with Crippen LogP contribution in [0.5, 0.6) is 5.75 Å². The minimum absolute atomic E-state index is 0.0443. The van der Waals surface area contributed by atoms with E-state index in [9.17, 15) is 18.0 Å². The highest BCUT2D eigenvalue weighted by Gasteiger charge is 2.29. The fourth-order valence-electron chi connectivity index (χ4n) is 3.95. The van der Waals surface area contributed by atoms with E-state index in [2.05, 4.69) is 30.5 Å². The second-order valence-corrected chi connectivity index (χ2v) is 13.5. The van der Waals surface area contributed by atoms with E-state index in [0.29, 0.717) is 16.5 Å². The summed E-state index contributed by atoms with van der Waals surface area (Å²) in [6, 6.07) is 17.8. The minimum Gasteiger partial charge on any atom is -0.497 e. The lowest BCUT2D eigenvalue weighted by molar-refractivity contribution is -0.142. The van der Waals surface area contributed by atoms with Gasteiger partial charge in [0.05, 0.1) is 23.7 Å². The van der Waals surface area contributed by atoms with Crippen molar-refractivity contribution in [2.45, 2.75) is 76.8 Å². The number of nitrogens with zero attached hydrogens (tertiary/aromatic N) is 2. The van der Waals surface area contributed by atoms with Crippen LogP contribution in [0.4, 0.5) is 10.6 Å². The maximum Gasteiger partial charge on any atom is 0.450 e. The Bertz CT molecular complexity index is 1490. The number of benzene rings is 2. The minimum atomic E-state index is -4.01. The second kappa shape index (κ2) is 12.9. The van der Waals surface area contributed by atoms with Gasteiger partial charge in [-0.2, -0.15) is 0 Å². The van der Waals surface area contributed by atoms with Crippen molar-refractivity contribution in [1.29, 1.82) is 0 Å². The summed E-state index contributed by atoms with van der Waals surface area (Å²) in [7, 11) is -2.51. The third kappa shape index (κ3) is 9.02. The first kappa shape index (κ1) is 32.6. The molecule has 1 unspecified atom stereocenters. The average molecular weight is 598 g/mol. The van der Waals surface area contributed by atoms with Crippen molar-refractivity contribution < 1.29 is 32.3 Å². The van der Waals surface area contributed by atoms with Crippen LogP contribution in [0.15, 0.2) is 71.6 Å². The monoisotopic (exact) mass is 597 g/mol. The molecule has 0 aliphatic carbocycles. The number of carbonyl (C=O) groups is 2. The predicted octanol–water partition coefficient (Wildman–Crippen LogP) is 5.87. The van der Waals surface area contributed by atoms with Crippen molar-refractivity contribution in [3.63, 3.8) is 0 Å². The largest absolute Gasteiger partial charge is 0.497 e. The summed E-state index contributed by atoms with van der Waals surface area (Å²) in [5, 5.41) is 0.657. The molecule has 0 radical (unpaired) electrons. The van der Waals surface area contributed by atoms with E-state index in [1.165, 1.54) is 25.3 Å². The molecule has 0 aliphatic rings. The summed E-state index contributed by atoms with van der Waals surface area (Å²) < 4.78 is 40.3. The third-order valence-corrected chi connectivity index (χ3v) is 7.51. The van der Waals surface area contributed by atoms with E-state index in [-0.39, 0.29) is 22.5 Å². The number of methoxy groups -OCH3 is 1. The third-order valence-electron chi connectivity index (χ3n) is 6.03. The van der Waals surface area contributed by atoms with Gasteiger partial charge in [0.15, 0.2) is 5.82 Å². The van der Waals surface area contributed by atoms with Crippen LogP contribution in [0.25, 0.3) is 0 Å². The first-order valence-corrected chi connectivity index (χ1v) is 14.9. The zero-order chi connectivity index (χ0) is 31.3. The van der Waals surface area contributed by atoms with Gasteiger partial charge in [0.25, 0.3) is 0 Å². The van der Waals surface area contributed by atoms with Gasteiger partial charge < -0.3 is 14.3 Å². The number of ether oxygens (including phenoxy) is 2. The highest BCUT2D eigenvalue weighted by Crippen LogP contribution is 2.27. The van der Waals surface area contributed by atoms with E-state index in [1.54, 1.807) is 45.0 Å². The lowest BCUT2D eigenvalue weighted by atomic mass is 9.86. The summed E-state index contributed by atoms with van der Waals surface area (Å²) in [5.41, 5.74) is 1.37. The maximum absolute atomic E-state index is 13.5. The molecule has 42 heavy (non-hydrogen) atoms. The molecule has 1 aromatic heterocycles. The number of anilines is 1. The molecule has 1 atom stereocenters. The number of hydrogen-bond donors (Lipinski definition) is 1. The summed E-state index contributed by atoms with van der Waals surface area (Å²) in [6.45, 7) is 12.5. The summed E-state index contributed by atoms with van der Waals surface area (Å²) >= 11 is 0. The Kier molecular flexibility index (Phi) is 10.0. The van der Waals surface area contributed by atoms with Crippen LogP contribution in [0.3, 0.4) is 0 Å². The summed E-state index contributed by atoms with van der Waals surface area (Å²) in [4.78, 5) is 34.5. The Morgan fingerprint density at radius 3 is 2.07 bits per heavy atom. The first-order chi connectivity index (χ1) is 19.5. The predicted molar refractivity (Wildman–Crippen MR) is 160 cm³/mol. The number of hydroxylamine groups is 1. The normalized spacial score (nSPS) is 12.8. The number of hydrogen-bond acceptors (Lipinski definition) is 8. The van der Waals surface area contributed by atoms with Gasteiger partial charge in [-0.05, 0) is 80.1 Å². The Balaban J connectivity index is 2.04. The Morgan fingerprint density at radius 1 is 0.929 bits per heavy atom. The Hall–Kier alpha value is -3.96. The molecular weight excluding hydrogens is 558 g/mol. The fourth-order valence-corrected chi connectivity index (χ4v) is 5.16. The van der Waals surface area contributed by atoms with E-state index in [1.807, 2.05) is 24.3 Å². The van der Waals surface area contributed by atoms with Crippen LogP contribution in [-0.2, 0) is 36.2 Å². The van der Waals surface area contributed by atoms with Gasteiger partial charge >= 0.3 is 12.1 Å². The molecule has 0 spiro atoms. The van der Waals surface area contributed by atoms with Crippen LogP contribution < -0.4 is 14.5 Å². The van der Waals surface area contributed by atoms with E-state index >= 15 is 0 Å².